The monoisotopic (exact) mass is 347 g/mol. The van der Waals surface area contributed by atoms with Crippen molar-refractivity contribution in [2.75, 3.05) is 17.2 Å². The minimum Gasteiger partial charge on any atom is -0.397 e. The fourth-order valence-corrected chi connectivity index (χ4v) is 2.45. The first-order valence-electron chi connectivity index (χ1n) is 4.79. The Bertz CT molecular complexity index is 450. The Hall–Kier alpha value is -0.590. The highest BCUT2D eigenvalue weighted by atomic mass is 79.9. The van der Waals surface area contributed by atoms with E-state index in [1.54, 1.807) is 11.0 Å². The fraction of sp³-hybridized carbons (Fsp3) is 0.300. The van der Waals surface area contributed by atoms with E-state index < -0.39 is 0 Å². The maximum absolute atomic E-state index is 11.7. The Labute approximate surface area is 110 Å². The van der Waals surface area contributed by atoms with Gasteiger partial charge in [-0.05, 0) is 44.0 Å². The molecule has 16 heavy (non-hydrogen) atoms. The van der Waals surface area contributed by atoms with E-state index in [2.05, 4.69) is 31.9 Å². The van der Waals surface area contributed by atoms with E-state index in [9.17, 15) is 4.79 Å². The number of amides is 1. The number of hydrogen-bond acceptors (Lipinski definition) is 3. The molecule has 0 spiro atoms. The molecule has 0 saturated carbocycles. The molecule has 0 aliphatic carbocycles. The first-order chi connectivity index (χ1) is 7.49. The Morgan fingerprint density at radius 2 is 1.94 bits per heavy atom. The number of nitrogens with two attached hydrogens (primary N) is 2. The van der Waals surface area contributed by atoms with Gasteiger partial charge < -0.3 is 16.4 Å². The van der Waals surface area contributed by atoms with Crippen LogP contribution in [0.1, 0.15) is 6.42 Å². The lowest BCUT2D eigenvalue weighted by Crippen LogP contribution is -2.28. The van der Waals surface area contributed by atoms with Crippen molar-refractivity contribution in [3.63, 3.8) is 0 Å². The summed E-state index contributed by atoms with van der Waals surface area (Å²) in [5.41, 5.74) is 12.9. The van der Waals surface area contributed by atoms with Crippen molar-refractivity contribution in [2.45, 2.75) is 12.5 Å². The molecule has 1 unspecified atom stereocenters. The van der Waals surface area contributed by atoms with Gasteiger partial charge in [-0.2, -0.15) is 0 Å². The van der Waals surface area contributed by atoms with E-state index in [0.717, 1.165) is 8.95 Å². The lowest BCUT2D eigenvalue weighted by atomic mass is 10.2. The van der Waals surface area contributed by atoms with Crippen LogP contribution < -0.4 is 16.4 Å². The van der Waals surface area contributed by atoms with Gasteiger partial charge in [0.15, 0.2) is 0 Å². The number of carbonyl (C=O) groups is 1. The van der Waals surface area contributed by atoms with Gasteiger partial charge in [0.1, 0.15) is 0 Å². The smallest absolute Gasteiger partial charge is 0.228 e. The van der Waals surface area contributed by atoms with E-state index in [-0.39, 0.29) is 11.9 Å². The molecular formula is C10H11Br2N3O. The van der Waals surface area contributed by atoms with Gasteiger partial charge in [0.25, 0.3) is 0 Å². The molecule has 1 fully saturated rings. The van der Waals surface area contributed by atoms with Crippen molar-refractivity contribution in [3.05, 3.63) is 21.1 Å². The maximum Gasteiger partial charge on any atom is 0.228 e. The number of hydrogen-bond donors (Lipinski definition) is 2. The Morgan fingerprint density at radius 3 is 2.50 bits per heavy atom. The topological polar surface area (TPSA) is 72.3 Å². The molecule has 86 valence electrons. The highest BCUT2D eigenvalue weighted by Gasteiger charge is 2.29. The summed E-state index contributed by atoms with van der Waals surface area (Å²) in [6, 6.07) is 3.50. The molecule has 0 aromatic heterocycles. The number of nitrogens with zero attached hydrogens (tertiary/aromatic N) is 1. The average molecular weight is 349 g/mol. The van der Waals surface area contributed by atoms with Crippen LogP contribution in [0.15, 0.2) is 21.1 Å². The lowest BCUT2D eigenvalue weighted by Gasteiger charge is -2.19. The van der Waals surface area contributed by atoms with Crippen LogP contribution in [0.3, 0.4) is 0 Å². The zero-order valence-electron chi connectivity index (χ0n) is 8.41. The number of nitrogen functional groups attached to an aromatic ring is 1. The Balaban J connectivity index is 2.41. The molecule has 4 nitrogen and oxygen atoms in total. The van der Waals surface area contributed by atoms with Crippen LogP contribution in [0, 0.1) is 0 Å². The summed E-state index contributed by atoms with van der Waals surface area (Å²) in [5, 5.41) is 0. The molecule has 1 saturated heterocycles. The number of rotatable bonds is 1. The van der Waals surface area contributed by atoms with Crippen molar-refractivity contribution in [3.8, 4) is 0 Å². The maximum atomic E-state index is 11.7. The largest absolute Gasteiger partial charge is 0.397 e. The van der Waals surface area contributed by atoms with Crippen LogP contribution >= 0.6 is 31.9 Å². The molecule has 0 radical (unpaired) electrons. The van der Waals surface area contributed by atoms with Crippen molar-refractivity contribution >= 4 is 49.1 Å². The molecule has 4 N–H and O–H groups in total. The van der Waals surface area contributed by atoms with Gasteiger partial charge in [-0.25, -0.2) is 0 Å². The quantitative estimate of drug-likeness (QED) is 0.761. The molecule has 1 aliphatic rings. The van der Waals surface area contributed by atoms with Crippen molar-refractivity contribution in [1.82, 2.24) is 0 Å². The van der Waals surface area contributed by atoms with Crippen LogP contribution in [-0.2, 0) is 4.79 Å². The SMILES string of the molecule is Nc1cc(Br)c(Br)cc1N1CC(N)CC1=O. The van der Waals surface area contributed by atoms with Crippen molar-refractivity contribution < 1.29 is 4.79 Å². The first-order valence-corrected chi connectivity index (χ1v) is 6.38. The Kier molecular flexibility index (Phi) is 3.23. The summed E-state index contributed by atoms with van der Waals surface area (Å²) in [6.07, 6.45) is 0.382. The average Bonchev–Trinajstić information content (AvgIpc) is 2.51. The van der Waals surface area contributed by atoms with E-state index in [1.165, 1.54) is 0 Å². The minimum atomic E-state index is -0.102. The molecule has 1 aliphatic heterocycles. The Morgan fingerprint density at radius 1 is 1.31 bits per heavy atom. The van der Waals surface area contributed by atoms with Gasteiger partial charge in [-0.3, -0.25) is 4.79 Å². The number of carbonyl (C=O) groups excluding carboxylic acids is 1. The molecule has 1 atom stereocenters. The third-order valence-corrected chi connectivity index (χ3v) is 4.36. The zero-order chi connectivity index (χ0) is 11.9. The summed E-state index contributed by atoms with van der Waals surface area (Å²) < 4.78 is 1.73. The predicted molar refractivity (Wildman–Crippen MR) is 71.2 cm³/mol. The van der Waals surface area contributed by atoms with Gasteiger partial charge in [0.05, 0.1) is 11.4 Å². The van der Waals surface area contributed by atoms with Crippen molar-refractivity contribution in [1.29, 1.82) is 0 Å². The third kappa shape index (κ3) is 2.09. The minimum absolute atomic E-state index is 0.0217. The number of anilines is 2. The molecule has 0 bridgehead atoms. The van der Waals surface area contributed by atoms with Crippen LogP contribution in [0.5, 0.6) is 0 Å². The van der Waals surface area contributed by atoms with Crippen LogP contribution in [0.4, 0.5) is 11.4 Å². The highest BCUT2D eigenvalue weighted by molar-refractivity contribution is 9.13. The fourth-order valence-electron chi connectivity index (χ4n) is 1.75. The normalized spacial score (nSPS) is 20.6. The summed E-state index contributed by atoms with van der Waals surface area (Å²) in [4.78, 5) is 13.3. The second-order valence-corrected chi connectivity index (χ2v) is 5.50. The van der Waals surface area contributed by atoms with Crippen LogP contribution in [0.25, 0.3) is 0 Å². The van der Waals surface area contributed by atoms with E-state index in [1.807, 2.05) is 6.07 Å². The predicted octanol–water partition coefficient (Wildman–Crippen LogP) is 1.86. The molecule has 1 heterocycles. The summed E-state index contributed by atoms with van der Waals surface area (Å²) in [5.74, 6) is 0.0217. The van der Waals surface area contributed by atoms with Gasteiger partial charge in [0.2, 0.25) is 5.91 Å². The summed E-state index contributed by atoms with van der Waals surface area (Å²) in [7, 11) is 0. The number of benzene rings is 1. The van der Waals surface area contributed by atoms with Gasteiger partial charge in [-0.15, -0.1) is 0 Å². The zero-order valence-corrected chi connectivity index (χ0v) is 11.6. The third-order valence-electron chi connectivity index (χ3n) is 2.52. The van der Waals surface area contributed by atoms with Gasteiger partial charge in [-0.1, -0.05) is 0 Å². The van der Waals surface area contributed by atoms with Crippen LogP contribution in [0.2, 0.25) is 0 Å². The first kappa shape index (κ1) is 11.9. The summed E-state index contributed by atoms with van der Waals surface area (Å²) in [6.45, 7) is 0.525. The van der Waals surface area contributed by atoms with Crippen LogP contribution in [-0.4, -0.2) is 18.5 Å². The highest BCUT2D eigenvalue weighted by Crippen LogP contribution is 2.35. The molecule has 1 aromatic rings. The second kappa shape index (κ2) is 4.35. The second-order valence-electron chi connectivity index (χ2n) is 3.79. The van der Waals surface area contributed by atoms with Gasteiger partial charge in [0, 0.05) is 28.0 Å². The summed E-state index contributed by atoms with van der Waals surface area (Å²) >= 11 is 6.75. The molecule has 6 heteroatoms. The molecule has 2 rings (SSSR count). The number of halogens is 2. The van der Waals surface area contributed by atoms with E-state index >= 15 is 0 Å². The van der Waals surface area contributed by atoms with E-state index in [4.69, 9.17) is 11.5 Å². The molecule has 1 aromatic carbocycles. The van der Waals surface area contributed by atoms with Crippen molar-refractivity contribution in [2.24, 2.45) is 5.73 Å². The van der Waals surface area contributed by atoms with E-state index in [0.29, 0.717) is 24.3 Å². The standard InChI is InChI=1S/C10H11Br2N3O/c11-6-2-8(14)9(3-7(6)12)15-4-5(13)1-10(15)16/h2-3,5H,1,4,13-14H2. The van der Waals surface area contributed by atoms with Gasteiger partial charge >= 0.3 is 0 Å². The molecular weight excluding hydrogens is 338 g/mol. The molecule has 1 amide bonds. The lowest BCUT2D eigenvalue weighted by molar-refractivity contribution is -0.117.